The van der Waals surface area contributed by atoms with Crippen LogP contribution in [0.15, 0.2) is 157 Å². The molecule has 13 rings (SSSR count). The summed E-state index contributed by atoms with van der Waals surface area (Å²) in [6.45, 7) is 31.0. The third-order valence-electron chi connectivity index (χ3n) is 20.6. The second-order valence-corrected chi connectivity index (χ2v) is 33.7. The number of carbonyl (C=O) groups is 2. The molecule has 0 aliphatic heterocycles. The smallest absolute Gasteiger partial charge is 0.331 e. The molecule has 0 saturated carbocycles. The van der Waals surface area contributed by atoms with Crippen LogP contribution in [0.2, 0.25) is 20.1 Å². The summed E-state index contributed by atoms with van der Waals surface area (Å²) in [7, 11) is 0. The summed E-state index contributed by atoms with van der Waals surface area (Å²) in [5.74, 6) is 4.25. The summed E-state index contributed by atoms with van der Waals surface area (Å²) in [6, 6.07) is 43.5. The second-order valence-electron chi connectivity index (χ2n) is 30.1. The van der Waals surface area contributed by atoms with Crippen molar-refractivity contribution in [3.8, 4) is 62.9 Å². The number of ether oxygens (including phenoxy) is 4. The Labute approximate surface area is 731 Å². The zero-order valence-corrected chi connectivity index (χ0v) is 74.7. The number of rotatable bonds is 39. The first-order valence-electron chi connectivity index (χ1n) is 41.0. The minimum Gasteiger partial charge on any atom is -0.489 e. The molecule has 30 heteroatoms. The summed E-state index contributed by atoms with van der Waals surface area (Å²) >= 11 is 21.4. The number of esters is 1. The van der Waals surface area contributed by atoms with Gasteiger partial charge in [-0.2, -0.15) is 8.84 Å². The van der Waals surface area contributed by atoms with Crippen LogP contribution in [0, 0.1) is 60.0 Å². The largest absolute Gasteiger partial charge is 0.489 e. The van der Waals surface area contributed by atoms with Crippen molar-refractivity contribution >= 4 is 115 Å². The van der Waals surface area contributed by atoms with Crippen molar-refractivity contribution in [3.05, 3.63) is 228 Å². The van der Waals surface area contributed by atoms with Crippen molar-refractivity contribution < 1.29 is 45.3 Å². The van der Waals surface area contributed by atoms with Crippen LogP contribution >= 0.6 is 46.4 Å². The number of H-pyrrole nitrogens is 3. The number of hydrogen-bond acceptors (Lipinski definition) is 15. The first-order chi connectivity index (χ1) is 58.4. The Balaban J connectivity index is 0.000000180. The van der Waals surface area contributed by atoms with E-state index in [1.54, 1.807) is 106 Å². The highest BCUT2D eigenvalue weighted by molar-refractivity contribution is 7.82. The monoisotopic (exact) mass is 1760 g/mol. The molecule has 0 radical (unpaired) electrons. The summed E-state index contributed by atoms with van der Waals surface area (Å²) < 4.78 is 68.4. The Morgan fingerprint density at radius 1 is 0.603 bits per heavy atom. The van der Waals surface area contributed by atoms with Gasteiger partial charge in [-0.15, -0.1) is 15.3 Å². The lowest BCUT2D eigenvalue weighted by atomic mass is 9.95. The molecule has 7 aromatic carbocycles. The first kappa shape index (κ1) is 91.1. The van der Waals surface area contributed by atoms with Crippen LogP contribution in [-0.4, -0.2) is 93.8 Å². The fourth-order valence-electron chi connectivity index (χ4n) is 13.9. The highest BCUT2D eigenvalue weighted by Gasteiger charge is 2.27. The molecule has 0 spiro atoms. The van der Waals surface area contributed by atoms with Crippen molar-refractivity contribution in [2.75, 3.05) is 23.3 Å². The normalized spacial score (nSPS) is 12.5. The van der Waals surface area contributed by atoms with E-state index < -0.39 is 34.4 Å². The molecule has 24 nitrogen and oxygen atoms in total. The number of amides is 1. The minimum absolute atomic E-state index is 0.190. The maximum atomic E-state index is 13.3. The molecule has 0 fully saturated rings. The van der Waals surface area contributed by atoms with Crippen molar-refractivity contribution in [3.63, 3.8) is 0 Å². The van der Waals surface area contributed by atoms with E-state index in [0.717, 1.165) is 88.9 Å². The third-order valence-corrected chi connectivity index (χ3v) is 23.7. The molecule has 638 valence electrons. The molecule has 6 heterocycles. The predicted molar refractivity (Wildman–Crippen MR) is 483 cm³/mol. The minimum atomic E-state index is -1.81. The van der Waals surface area contributed by atoms with Crippen molar-refractivity contribution in [2.45, 2.75) is 197 Å². The van der Waals surface area contributed by atoms with Crippen LogP contribution in [0.4, 0.5) is 17.1 Å². The number of nitrogens with zero attached hydrogens (tertiary/aromatic N) is 9. The highest BCUT2D eigenvalue weighted by atomic mass is 35.5. The van der Waals surface area contributed by atoms with Gasteiger partial charge in [-0.1, -0.05) is 200 Å². The van der Waals surface area contributed by atoms with Crippen molar-refractivity contribution in [1.82, 2.24) is 54.2 Å². The molecule has 121 heavy (non-hydrogen) atoms. The summed E-state index contributed by atoms with van der Waals surface area (Å²) in [5, 5.41) is 27.5. The standard InChI is InChI=1S/C36H34ClN5O5S.C29H38Cl2N4O2.C26H32ClN5O3S/c1-21-19-22(2)33(23(3)31(21)34-39-40-35-32(37)24(4)41-42(34)35)38-36(43)25(5)46-28-15-17-30(18-16-28)48(44)47-29-13-11-27(12-14-29)45-20-26-9-7-6-8-10-26;1-4-6-8-10-11-13-15-21(14-12-9-7-5-2)20-37-29(36)26-25(32-3)19-35-28(26)33-27(34-35)22-16-23(30)18-24(31)17-22;1-5-7-8-19(6-2)16-34-22-14-9-17(3)15-23(22)35-36(33)31-21-12-10-20(11-13-21)25-28-26-24(27)18(4)29-32(26)30-25/h6-19,25,41H,20H2,1-5H3,(H,38,43);16-19,21H,4-15,20H2,1-2H3,(H,33,34);9-15,19,29,31H,5-8,16H2,1-4H3. The van der Waals surface area contributed by atoms with E-state index in [2.05, 4.69) is 83.1 Å². The van der Waals surface area contributed by atoms with Gasteiger partial charge in [-0.25, -0.2) is 28.3 Å². The fourth-order valence-corrected chi connectivity index (χ4v) is 16.1. The van der Waals surface area contributed by atoms with Crippen molar-refractivity contribution in [1.29, 1.82) is 0 Å². The molecule has 0 aliphatic rings. The van der Waals surface area contributed by atoms with Gasteiger partial charge < -0.3 is 32.6 Å². The molecular weight excluding hydrogens is 1660 g/mol. The van der Waals surface area contributed by atoms with Gasteiger partial charge in [0.15, 0.2) is 52.0 Å². The molecule has 6 aromatic heterocycles. The molecule has 1 amide bonds. The summed E-state index contributed by atoms with van der Waals surface area (Å²) in [6.07, 6.45) is 19.7. The molecule has 5 atom stereocenters. The van der Waals surface area contributed by atoms with E-state index in [4.69, 9.17) is 80.3 Å². The van der Waals surface area contributed by atoms with E-state index in [1.807, 2.05) is 108 Å². The lowest BCUT2D eigenvalue weighted by molar-refractivity contribution is -0.122. The van der Waals surface area contributed by atoms with E-state index >= 15 is 0 Å². The van der Waals surface area contributed by atoms with Crippen molar-refractivity contribution in [2.24, 2.45) is 11.8 Å². The number of carbonyl (C=O) groups excluding carboxylic acids is 2. The van der Waals surface area contributed by atoms with Crippen LogP contribution in [0.25, 0.3) is 56.0 Å². The Morgan fingerprint density at radius 3 is 1.93 bits per heavy atom. The predicted octanol–water partition coefficient (Wildman–Crippen LogP) is 24.0. The topological polar surface area (TPSA) is 277 Å². The highest BCUT2D eigenvalue weighted by Crippen LogP contribution is 2.38. The summed E-state index contributed by atoms with van der Waals surface area (Å²) in [5.41, 5.74) is 11.9. The third kappa shape index (κ3) is 24.6. The molecular formula is C91H104Cl4N14O10S2. The van der Waals surface area contributed by atoms with Gasteiger partial charge in [0, 0.05) is 44.3 Å². The van der Waals surface area contributed by atoms with E-state index in [9.17, 15) is 18.0 Å². The Hall–Kier alpha value is -10.7. The maximum absolute atomic E-state index is 13.3. The number of benzene rings is 7. The Morgan fingerprint density at radius 2 is 1.25 bits per heavy atom. The zero-order valence-electron chi connectivity index (χ0n) is 70.0. The first-order valence-corrected chi connectivity index (χ1v) is 44.7. The fraction of sp³-hybridized carbons (Fsp3) is 0.363. The number of anilines is 2. The Kier molecular flexibility index (Phi) is 33.3. The quantitative estimate of drug-likeness (QED) is 0.0136. The number of unbranched alkanes of at least 4 members (excludes halogenated alkanes) is 9. The molecule has 0 saturated heterocycles. The molecule has 13 aromatic rings. The van der Waals surface area contributed by atoms with E-state index in [-0.39, 0.29) is 17.2 Å². The number of hydrogen-bond donors (Lipinski definition) is 5. The van der Waals surface area contributed by atoms with Crippen LogP contribution in [0.3, 0.4) is 0 Å². The van der Waals surface area contributed by atoms with Gasteiger partial charge in [-0.3, -0.25) is 29.3 Å². The molecule has 0 bridgehead atoms. The van der Waals surface area contributed by atoms with Gasteiger partial charge in [0.2, 0.25) is 16.8 Å². The lowest BCUT2D eigenvalue weighted by Gasteiger charge is -2.20. The van der Waals surface area contributed by atoms with Gasteiger partial charge in [0.1, 0.15) is 39.5 Å². The van der Waals surface area contributed by atoms with Crippen LogP contribution in [0.5, 0.6) is 28.7 Å². The lowest BCUT2D eigenvalue weighted by Crippen LogP contribution is -2.30. The average molecular weight is 1760 g/mol. The number of aromatic amines is 3. The van der Waals surface area contributed by atoms with E-state index in [0.29, 0.717) is 137 Å². The number of fused-ring (bicyclic) bond motifs is 3. The van der Waals surface area contributed by atoms with Gasteiger partial charge in [0.05, 0.1) is 36.1 Å². The molecule has 0 aliphatic carbocycles. The SMILES string of the molecule is CCCCC(CC)COc1ccc(C)cc1OS(=O)Nc1ccc(-c2nc3c(Cl)c(C)[nH]n3n2)cc1.Cc1cc(C)c(-c2nnc3c(Cl)c(C)[nH]n23)c(C)c1NC(=O)C(C)Oc1ccc(S(=O)Oc2ccc(OCc3ccccc3)cc2)cc1.[C-]#[N+]c1cn2[nH]c(-c3cc(Cl)cc(Cl)c3)nc2c1C(=O)OCC(CCCCCC)CCCCCCCC. The van der Waals surface area contributed by atoms with Gasteiger partial charge in [-0.05, 0) is 211 Å². The van der Waals surface area contributed by atoms with Crippen LogP contribution < -0.4 is 32.6 Å². The number of aryl methyl sites for hydroxylation is 5. The average Bonchev–Trinajstić information content (AvgIpc) is 1.51. The summed E-state index contributed by atoms with van der Waals surface area (Å²) in [4.78, 5) is 39.6. The van der Waals surface area contributed by atoms with E-state index in [1.165, 1.54) is 64.2 Å². The van der Waals surface area contributed by atoms with Crippen LogP contribution in [0.1, 0.15) is 187 Å². The zero-order chi connectivity index (χ0) is 86.2. The molecule has 5 unspecified atom stereocenters. The van der Waals surface area contributed by atoms with Crippen LogP contribution in [-0.2, 0) is 38.5 Å². The Bertz CT molecular complexity index is 5700. The van der Waals surface area contributed by atoms with Gasteiger partial charge >= 0.3 is 17.2 Å². The second kappa shape index (κ2) is 44.2. The number of aromatic nitrogens is 11. The number of nitrogens with one attached hydrogen (secondary N) is 5. The van der Waals surface area contributed by atoms with Gasteiger partial charge in [0.25, 0.3) is 5.91 Å². The number of halogens is 4. The maximum Gasteiger partial charge on any atom is 0.331 e. The molecule has 5 N–H and O–H groups in total.